The van der Waals surface area contributed by atoms with Crippen LogP contribution in [-0.2, 0) is 0 Å². The maximum atomic E-state index is 11.2. The van der Waals surface area contributed by atoms with Crippen molar-refractivity contribution in [3.63, 3.8) is 0 Å². The third kappa shape index (κ3) is 3.67. The molecule has 1 N–H and O–H groups in total. The lowest BCUT2D eigenvalue weighted by atomic mass is 9.80. The monoisotopic (exact) mass is 277 g/mol. The molecule has 0 aliphatic heterocycles. The number of ether oxygens (including phenoxy) is 1. The zero-order chi connectivity index (χ0) is 15.3. The van der Waals surface area contributed by atoms with E-state index in [4.69, 9.17) is 9.84 Å². The van der Waals surface area contributed by atoms with Crippen LogP contribution in [0.2, 0.25) is 0 Å². The van der Waals surface area contributed by atoms with E-state index in [1.54, 1.807) is 26.0 Å². The molecular weight excluding hydrogens is 254 g/mol. The molecule has 110 valence electrons. The van der Waals surface area contributed by atoms with E-state index >= 15 is 0 Å². The quantitative estimate of drug-likeness (QED) is 0.774. The number of benzene rings is 1. The van der Waals surface area contributed by atoms with Crippen molar-refractivity contribution in [2.75, 3.05) is 6.61 Å². The van der Waals surface area contributed by atoms with Crippen LogP contribution in [-0.4, -0.2) is 23.4 Å². The number of aliphatic hydroxyl groups is 1. The number of nitrogens with zero attached hydrogens (tertiary/aromatic N) is 1. The van der Waals surface area contributed by atoms with E-state index in [0.29, 0.717) is 11.3 Å². The topological polar surface area (TPSA) is 58.9 Å². The molecule has 0 fully saturated rings. The smallest absolute Gasteiger partial charge is 0.127 e. The lowest BCUT2D eigenvalue weighted by Gasteiger charge is -2.28. The van der Waals surface area contributed by atoms with Crippen LogP contribution in [0.25, 0.3) is 5.57 Å². The number of rotatable bonds is 7. The highest BCUT2D eigenvalue weighted by Crippen LogP contribution is 2.35. The minimum absolute atomic E-state index is 0.0682. The van der Waals surface area contributed by atoms with Gasteiger partial charge in [0.25, 0.3) is 0 Å². The van der Waals surface area contributed by atoms with Crippen LogP contribution in [0.15, 0.2) is 36.0 Å². The van der Waals surface area contributed by atoms with Crippen LogP contribution in [0.4, 0.5) is 0 Å². The van der Waals surface area contributed by atoms with Crippen LogP contribution < -0.4 is 4.74 Å². The van der Waals surface area contributed by atoms with Crippen molar-refractivity contribution in [2.45, 2.75) is 39.3 Å². The SMILES string of the molecule is C=C(c1ccc(OCC(C)O)cc1)C(C)(N=O)C(C)C. The number of nitroso groups, excluding NO2 is 1. The summed E-state index contributed by atoms with van der Waals surface area (Å²) in [5.41, 5.74) is 0.747. The number of hydrogen-bond acceptors (Lipinski definition) is 4. The molecule has 20 heavy (non-hydrogen) atoms. The average Bonchev–Trinajstić information content (AvgIpc) is 2.43. The third-order valence-corrected chi connectivity index (χ3v) is 3.62. The summed E-state index contributed by atoms with van der Waals surface area (Å²) < 4.78 is 5.40. The van der Waals surface area contributed by atoms with Crippen LogP contribution in [0, 0.1) is 10.8 Å². The fourth-order valence-electron chi connectivity index (χ4n) is 1.77. The molecule has 2 unspecified atom stereocenters. The van der Waals surface area contributed by atoms with Gasteiger partial charge in [0.2, 0.25) is 0 Å². The largest absolute Gasteiger partial charge is 0.491 e. The van der Waals surface area contributed by atoms with E-state index < -0.39 is 11.6 Å². The zero-order valence-corrected chi connectivity index (χ0v) is 12.6. The Labute approximate surface area is 120 Å². The Hall–Kier alpha value is -1.68. The summed E-state index contributed by atoms with van der Waals surface area (Å²) in [6.07, 6.45) is -0.506. The molecule has 1 aromatic rings. The molecule has 0 aliphatic rings. The van der Waals surface area contributed by atoms with Gasteiger partial charge in [-0.1, -0.05) is 37.7 Å². The molecule has 4 heteroatoms. The van der Waals surface area contributed by atoms with Crippen LogP contribution in [0.3, 0.4) is 0 Å². The van der Waals surface area contributed by atoms with Crippen molar-refractivity contribution < 1.29 is 9.84 Å². The van der Waals surface area contributed by atoms with Crippen molar-refractivity contribution in [1.29, 1.82) is 0 Å². The minimum Gasteiger partial charge on any atom is -0.491 e. The van der Waals surface area contributed by atoms with E-state index in [1.807, 2.05) is 26.0 Å². The first kappa shape index (κ1) is 16.4. The second-order valence-corrected chi connectivity index (χ2v) is 5.56. The van der Waals surface area contributed by atoms with Crippen LogP contribution in [0.5, 0.6) is 5.75 Å². The van der Waals surface area contributed by atoms with Gasteiger partial charge in [0.15, 0.2) is 0 Å². The maximum Gasteiger partial charge on any atom is 0.127 e. The molecule has 0 bridgehead atoms. The standard InChI is InChI=1S/C16H23NO3/c1-11(2)16(5,17-19)13(4)14-6-8-15(9-7-14)20-10-12(3)18/h6-9,11-12,18H,4,10H2,1-3,5H3. The predicted octanol–water partition coefficient (Wildman–Crippen LogP) is 3.64. The zero-order valence-electron chi connectivity index (χ0n) is 12.6. The van der Waals surface area contributed by atoms with Gasteiger partial charge in [-0.3, -0.25) is 0 Å². The lowest BCUT2D eigenvalue weighted by molar-refractivity contribution is 0.123. The molecule has 1 rings (SSSR count). The Bertz CT molecular complexity index is 465. The molecule has 0 radical (unpaired) electrons. The van der Waals surface area contributed by atoms with Gasteiger partial charge in [-0.25, -0.2) is 0 Å². The second-order valence-electron chi connectivity index (χ2n) is 5.56. The first-order chi connectivity index (χ1) is 9.31. The molecule has 0 amide bonds. The predicted molar refractivity (Wildman–Crippen MR) is 81.7 cm³/mol. The molecule has 4 nitrogen and oxygen atoms in total. The summed E-state index contributed by atoms with van der Waals surface area (Å²) in [7, 11) is 0. The Kier molecular flexibility index (Phi) is 5.45. The summed E-state index contributed by atoms with van der Waals surface area (Å²) in [5, 5.41) is 12.4. The van der Waals surface area contributed by atoms with Gasteiger partial charge in [-0.05, 0) is 43.0 Å². The third-order valence-electron chi connectivity index (χ3n) is 3.62. The summed E-state index contributed by atoms with van der Waals surface area (Å²) in [6, 6.07) is 7.31. The fraction of sp³-hybridized carbons (Fsp3) is 0.500. The highest BCUT2D eigenvalue weighted by atomic mass is 16.5. The molecule has 0 aromatic heterocycles. The van der Waals surface area contributed by atoms with E-state index in [-0.39, 0.29) is 12.5 Å². The lowest BCUT2D eigenvalue weighted by Crippen LogP contribution is -2.29. The molecule has 0 aliphatic carbocycles. The molecular formula is C16H23NO3. The van der Waals surface area contributed by atoms with Crippen molar-refractivity contribution in [2.24, 2.45) is 11.1 Å². The first-order valence-corrected chi connectivity index (χ1v) is 6.76. The molecule has 0 saturated heterocycles. The highest BCUT2D eigenvalue weighted by molar-refractivity contribution is 5.71. The van der Waals surface area contributed by atoms with Crippen LogP contribution in [0.1, 0.15) is 33.3 Å². The molecule has 0 heterocycles. The van der Waals surface area contributed by atoms with Gasteiger partial charge >= 0.3 is 0 Å². The summed E-state index contributed by atoms with van der Waals surface area (Å²) in [5.74, 6) is 0.742. The van der Waals surface area contributed by atoms with Gasteiger partial charge in [0, 0.05) is 0 Å². The van der Waals surface area contributed by atoms with E-state index in [9.17, 15) is 4.91 Å². The Morgan fingerprint density at radius 3 is 2.30 bits per heavy atom. The number of aliphatic hydroxyl groups excluding tert-OH is 1. The Morgan fingerprint density at radius 1 is 1.35 bits per heavy atom. The molecule has 2 atom stereocenters. The van der Waals surface area contributed by atoms with Crippen molar-refractivity contribution in [3.05, 3.63) is 41.3 Å². The minimum atomic E-state index is -0.817. The second kappa shape index (κ2) is 6.66. The van der Waals surface area contributed by atoms with Crippen molar-refractivity contribution >= 4 is 5.57 Å². The fourth-order valence-corrected chi connectivity index (χ4v) is 1.77. The highest BCUT2D eigenvalue weighted by Gasteiger charge is 2.33. The van der Waals surface area contributed by atoms with Crippen molar-refractivity contribution in [1.82, 2.24) is 0 Å². The van der Waals surface area contributed by atoms with Gasteiger partial charge in [0.1, 0.15) is 17.9 Å². The normalized spacial score (nSPS) is 15.5. The van der Waals surface area contributed by atoms with Gasteiger partial charge in [0.05, 0.1) is 6.10 Å². The molecule has 0 spiro atoms. The Balaban J connectivity index is 2.88. The Morgan fingerprint density at radius 2 is 1.90 bits per heavy atom. The first-order valence-electron chi connectivity index (χ1n) is 6.76. The van der Waals surface area contributed by atoms with Crippen molar-refractivity contribution in [3.8, 4) is 5.75 Å². The van der Waals surface area contributed by atoms with Gasteiger partial charge in [-0.2, -0.15) is 0 Å². The average molecular weight is 277 g/mol. The summed E-state index contributed by atoms with van der Waals surface area (Å²) in [4.78, 5) is 11.2. The van der Waals surface area contributed by atoms with E-state index in [1.165, 1.54) is 0 Å². The van der Waals surface area contributed by atoms with Crippen LogP contribution >= 0.6 is 0 Å². The van der Waals surface area contributed by atoms with Gasteiger partial charge < -0.3 is 9.84 Å². The maximum absolute atomic E-state index is 11.2. The molecule has 0 saturated carbocycles. The molecule has 1 aromatic carbocycles. The summed E-state index contributed by atoms with van der Waals surface area (Å²) in [6.45, 7) is 11.6. The number of hydrogen-bond donors (Lipinski definition) is 1. The van der Waals surface area contributed by atoms with Gasteiger partial charge in [-0.15, -0.1) is 4.91 Å². The van der Waals surface area contributed by atoms with E-state index in [2.05, 4.69) is 11.8 Å². The van der Waals surface area contributed by atoms with E-state index in [0.717, 1.165) is 5.56 Å². The summed E-state index contributed by atoms with van der Waals surface area (Å²) >= 11 is 0.